The van der Waals surface area contributed by atoms with E-state index in [1.807, 2.05) is 14.1 Å². The normalized spacial score (nSPS) is 11.8. The molecule has 0 saturated carbocycles. The maximum absolute atomic E-state index is 12.1. The van der Waals surface area contributed by atoms with Crippen LogP contribution < -0.4 is 4.72 Å². The molecule has 0 heterocycles. The molecule has 0 radical (unpaired) electrons. The van der Waals surface area contributed by atoms with Gasteiger partial charge < -0.3 is 4.90 Å². The minimum absolute atomic E-state index is 0.137. The molecule has 112 valence electrons. The van der Waals surface area contributed by atoms with Crippen LogP contribution in [0.3, 0.4) is 0 Å². The molecular weight excluding hydrogens is 276 g/mol. The minimum Gasteiger partial charge on any atom is -0.309 e. The van der Waals surface area contributed by atoms with Gasteiger partial charge in [-0.15, -0.1) is 0 Å². The van der Waals surface area contributed by atoms with Gasteiger partial charge in [-0.1, -0.05) is 12.1 Å². The van der Waals surface area contributed by atoms with Crippen LogP contribution in [0.15, 0.2) is 29.2 Å². The Labute approximate surface area is 121 Å². The summed E-state index contributed by atoms with van der Waals surface area (Å²) in [6, 6.07) is 6.09. The second-order valence-corrected chi connectivity index (χ2v) is 6.76. The van der Waals surface area contributed by atoms with Crippen molar-refractivity contribution in [2.45, 2.75) is 24.7 Å². The molecule has 6 heteroatoms. The minimum atomic E-state index is -3.53. The molecule has 0 aliphatic rings. The van der Waals surface area contributed by atoms with Gasteiger partial charge in [0, 0.05) is 12.1 Å². The first-order valence-electron chi connectivity index (χ1n) is 6.58. The number of sulfonamides is 1. The van der Waals surface area contributed by atoms with Crippen LogP contribution in [-0.4, -0.2) is 46.3 Å². The molecule has 0 amide bonds. The third-order valence-electron chi connectivity index (χ3n) is 2.88. The molecule has 20 heavy (non-hydrogen) atoms. The topological polar surface area (TPSA) is 66.5 Å². The fourth-order valence-corrected chi connectivity index (χ4v) is 2.84. The maximum atomic E-state index is 12.1. The summed E-state index contributed by atoms with van der Waals surface area (Å²) in [6.45, 7) is 2.75. The number of nitrogens with one attached hydrogen (secondary N) is 1. The van der Waals surface area contributed by atoms with Gasteiger partial charge in [0.05, 0.1) is 4.90 Å². The van der Waals surface area contributed by atoms with Gasteiger partial charge in [0.15, 0.2) is 5.78 Å². The van der Waals surface area contributed by atoms with E-state index in [0.717, 1.165) is 19.4 Å². The van der Waals surface area contributed by atoms with Crippen LogP contribution in [0, 0.1) is 0 Å². The summed E-state index contributed by atoms with van der Waals surface area (Å²) in [6.07, 6.45) is 1.72. The average Bonchev–Trinajstić information content (AvgIpc) is 2.38. The molecule has 0 saturated heterocycles. The van der Waals surface area contributed by atoms with Crippen LogP contribution in [0.1, 0.15) is 30.1 Å². The number of carbonyl (C=O) groups excluding carboxylic acids is 1. The molecule has 1 aromatic rings. The molecule has 0 aliphatic carbocycles. The van der Waals surface area contributed by atoms with E-state index in [1.165, 1.54) is 19.1 Å². The molecule has 1 rings (SSSR count). The van der Waals surface area contributed by atoms with Gasteiger partial charge in [-0.05, 0) is 52.5 Å². The molecule has 0 atom stereocenters. The quantitative estimate of drug-likeness (QED) is 0.583. The second kappa shape index (κ2) is 7.52. The number of rotatable bonds is 8. The lowest BCUT2D eigenvalue weighted by Crippen LogP contribution is -2.25. The van der Waals surface area contributed by atoms with Crippen molar-refractivity contribution >= 4 is 15.8 Å². The Bertz CT molecular complexity index is 553. The van der Waals surface area contributed by atoms with Crippen LogP contribution in [0.2, 0.25) is 0 Å². The fourth-order valence-electron chi connectivity index (χ4n) is 1.73. The molecule has 0 aromatic heterocycles. The Morgan fingerprint density at radius 2 is 1.95 bits per heavy atom. The van der Waals surface area contributed by atoms with Crippen molar-refractivity contribution < 1.29 is 13.2 Å². The van der Waals surface area contributed by atoms with E-state index in [9.17, 15) is 13.2 Å². The predicted octanol–water partition coefficient (Wildman–Crippen LogP) is 1.51. The lowest BCUT2D eigenvalue weighted by atomic mass is 10.2. The van der Waals surface area contributed by atoms with Gasteiger partial charge in [-0.25, -0.2) is 13.1 Å². The summed E-state index contributed by atoms with van der Waals surface area (Å²) >= 11 is 0. The highest BCUT2D eigenvalue weighted by Gasteiger charge is 2.14. The van der Waals surface area contributed by atoms with E-state index >= 15 is 0 Å². The van der Waals surface area contributed by atoms with Crippen molar-refractivity contribution in [2.24, 2.45) is 0 Å². The van der Waals surface area contributed by atoms with E-state index in [-0.39, 0.29) is 10.7 Å². The first-order valence-corrected chi connectivity index (χ1v) is 8.06. The lowest BCUT2D eigenvalue weighted by molar-refractivity contribution is 0.101. The maximum Gasteiger partial charge on any atom is 0.240 e. The molecular formula is C14H22N2O3S. The highest BCUT2D eigenvalue weighted by Crippen LogP contribution is 2.12. The number of Topliss-reactive ketones (excluding diaryl/α,β-unsaturated/α-hetero) is 1. The molecule has 1 aromatic carbocycles. The van der Waals surface area contributed by atoms with Gasteiger partial charge in [0.1, 0.15) is 0 Å². The summed E-state index contributed by atoms with van der Waals surface area (Å²) in [5, 5.41) is 0. The van der Waals surface area contributed by atoms with Gasteiger partial charge in [0.25, 0.3) is 0 Å². The monoisotopic (exact) mass is 298 g/mol. The van der Waals surface area contributed by atoms with Crippen LogP contribution in [0.25, 0.3) is 0 Å². The number of hydrogen-bond acceptors (Lipinski definition) is 4. The third kappa shape index (κ3) is 5.40. The molecule has 1 N–H and O–H groups in total. The van der Waals surface area contributed by atoms with E-state index in [1.54, 1.807) is 12.1 Å². The largest absolute Gasteiger partial charge is 0.309 e. The molecule has 0 fully saturated rings. The van der Waals surface area contributed by atoms with E-state index in [2.05, 4.69) is 9.62 Å². The van der Waals surface area contributed by atoms with Crippen molar-refractivity contribution in [2.75, 3.05) is 27.2 Å². The Morgan fingerprint density at radius 3 is 2.55 bits per heavy atom. The molecule has 0 unspecified atom stereocenters. The van der Waals surface area contributed by atoms with Gasteiger partial charge in [0.2, 0.25) is 10.0 Å². The number of nitrogens with zero attached hydrogens (tertiary/aromatic N) is 1. The van der Waals surface area contributed by atoms with Crippen molar-refractivity contribution in [3.8, 4) is 0 Å². The highest BCUT2D eigenvalue weighted by atomic mass is 32.2. The van der Waals surface area contributed by atoms with Crippen molar-refractivity contribution in [1.29, 1.82) is 0 Å². The van der Waals surface area contributed by atoms with Crippen LogP contribution in [0.5, 0.6) is 0 Å². The molecule has 0 bridgehead atoms. The summed E-state index contributed by atoms with van der Waals surface area (Å²) in [5.74, 6) is -0.145. The number of benzene rings is 1. The average molecular weight is 298 g/mol. The number of hydrogen-bond donors (Lipinski definition) is 1. The zero-order valence-corrected chi connectivity index (χ0v) is 13.0. The zero-order chi connectivity index (χ0) is 15.2. The van der Waals surface area contributed by atoms with E-state index in [0.29, 0.717) is 12.1 Å². The SMILES string of the molecule is CC(=O)c1cccc(S(=O)(=O)NCCCCN(C)C)c1. The Kier molecular flexibility index (Phi) is 6.32. The summed E-state index contributed by atoms with van der Waals surface area (Å²) in [5.41, 5.74) is 0.403. The van der Waals surface area contributed by atoms with Crippen molar-refractivity contribution in [1.82, 2.24) is 9.62 Å². The van der Waals surface area contributed by atoms with E-state index in [4.69, 9.17) is 0 Å². The third-order valence-corrected chi connectivity index (χ3v) is 4.33. The zero-order valence-electron chi connectivity index (χ0n) is 12.2. The highest BCUT2D eigenvalue weighted by molar-refractivity contribution is 7.89. The number of unbranched alkanes of at least 4 members (excludes halogenated alkanes) is 1. The first-order chi connectivity index (χ1) is 9.33. The Morgan fingerprint density at radius 1 is 1.25 bits per heavy atom. The van der Waals surface area contributed by atoms with Crippen molar-refractivity contribution in [3.63, 3.8) is 0 Å². The Hall–Kier alpha value is -1.24. The van der Waals surface area contributed by atoms with Crippen LogP contribution in [-0.2, 0) is 10.0 Å². The Balaban J connectivity index is 2.60. The van der Waals surface area contributed by atoms with Gasteiger partial charge in [-0.3, -0.25) is 4.79 Å². The van der Waals surface area contributed by atoms with Gasteiger partial charge >= 0.3 is 0 Å². The molecule has 0 spiro atoms. The second-order valence-electron chi connectivity index (χ2n) is 4.99. The standard InChI is InChI=1S/C14H22N2O3S/c1-12(17)13-7-6-8-14(11-13)20(18,19)15-9-4-5-10-16(2)3/h6-8,11,15H,4-5,9-10H2,1-3H3. The lowest BCUT2D eigenvalue weighted by Gasteiger charge is -2.10. The smallest absolute Gasteiger partial charge is 0.240 e. The summed E-state index contributed by atoms with van der Waals surface area (Å²) < 4.78 is 26.7. The fraction of sp³-hybridized carbons (Fsp3) is 0.500. The summed E-state index contributed by atoms with van der Waals surface area (Å²) in [4.78, 5) is 13.5. The van der Waals surface area contributed by atoms with E-state index < -0.39 is 10.0 Å². The number of ketones is 1. The molecule has 5 nitrogen and oxygen atoms in total. The van der Waals surface area contributed by atoms with Gasteiger partial charge in [-0.2, -0.15) is 0 Å². The van der Waals surface area contributed by atoms with Crippen molar-refractivity contribution in [3.05, 3.63) is 29.8 Å². The van der Waals surface area contributed by atoms with Crippen LogP contribution >= 0.6 is 0 Å². The molecule has 0 aliphatic heterocycles. The first kappa shape index (κ1) is 16.8. The van der Waals surface area contributed by atoms with Crippen LogP contribution in [0.4, 0.5) is 0 Å². The number of carbonyl (C=O) groups is 1. The predicted molar refractivity (Wildman–Crippen MR) is 79.4 cm³/mol. The summed E-state index contributed by atoms with van der Waals surface area (Å²) in [7, 11) is 0.434.